The molecule has 0 aliphatic carbocycles. The molecule has 10 heteroatoms. The lowest BCUT2D eigenvalue weighted by Crippen LogP contribution is -2.13. The highest BCUT2D eigenvalue weighted by atomic mass is 35.5. The molecule has 0 aliphatic heterocycles. The summed E-state index contributed by atoms with van der Waals surface area (Å²) >= 11 is 7.02. The summed E-state index contributed by atoms with van der Waals surface area (Å²) in [6, 6.07) is 8.88. The van der Waals surface area contributed by atoms with Crippen molar-refractivity contribution in [1.82, 2.24) is 4.98 Å². The number of amides is 2. The molecule has 0 saturated carbocycles. The lowest BCUT2D eigenvalue weighted by atomic mass is 10.1. The lowest BCUT2D eigenvalue weighted by Gasteiger charge is -2.03. The monoisotopic (exact) mass is 390 g/mol. The summed E-state index contributed by atoms with van der Waals surface area (Å²) in [4.78, 5) is 38.2. The van der Waals surface area contributed by atoms with Gasteiger partial charge in [-0.25, -0.2) is 4.98 Å². The van der Waals surface area contributed by atoms with Crippen molar-refractivity contribution in [1.29, 1.82) is 0 Å². The van der Waals surface area contributed by atoms with Crippen LogP contribution in [0.5, 0.6) is 0 Å². The van der Waals surface area contributed by atoms with E-state index in [0.717, 1.165) is 4.70 Å². The van der Waals surface area contributed by atoms with Gasteiger partial charge in [-0.1, -0.05) is 22.9 Å². The first-order valence-electron chi connectivity index (χ1n) is 7.27. The number of nitrogens with one attached hydrogen (secondary N) is 2. The van der Waals surface area contributed by atoms with Gasteiger partial charge in [-0.3, -0.25) is 25.0 Å². The molecule has 2 N–H and O–H groups in total. The van der Waals surface area contributed by atoms with Gasteiger partial charge in [0.05, 0.1) is 15.1 Å². The Balaban J connectivity index is 1.89. The molecule has 2 amide bonds. The third-order valence-corrected chi connectivity index (χ3v) is 4.50. The number of carbonyl (C=O) groups excluding carboxylic acids is 2. The van der Waals surface area contributed by atoms with Gasteiger partial charge < -0.3 is 5.32 Å². The Morgan fingerprint density at radius 3 is 2.65 bits per heavy atom. The van der Waals surface area contributed by atoms with Crippen LogP contribution in [0, 0.1) is 10.1 Å². The van der Waals surface area contributed by atoms with Crippen molar-refractivity contribution in [3.05, 3.63) is 57.1 Å². The molecule has 0 unspecified atom stereocenters. The molecule has 3 rings (SSSR count). The molecule has 0 fully saturated rings. The molecule has 0 aliphatic rings. The number of nitro groups is 1. The molecule has 0 saturated heterocycles. The molecule has 1 heterocycles. The van der Waals surface area contributed by atoms with Crippen LogP contribution in [0.25, 0.3) is 10.2 Å². The van der Waals surface area contributed by atoms with E-state index in [1.165, 1.54) is 36.5 Å². The van der Waals surface area contributed by atoms with Gasteiger partial charge in [0.2, 0.25) is 5.91 Å². The number of hydrogen-bond acceptors (Lipinski definition) is 6. The number of hydrogen-bond donors (Lipinski definition) is 2. The van der Waals surface area contributed by atoms with Crippen LogP contribution in [-0.2, 0) is 4.79 Å². The van der Waals surface area contributed by atoms with Gasteiger partial charge in [-0.05, 0) is 30.3 Å². The van der Waals surface area contributed by atoms with Gasteiger partial charge in [0, 0.05) is 23.7 Å². The molecule has 0 spiro atoms. The normalized spacial score (nSPS) is 10.5. The Kier molecular flexibility index (Phi) is 4.83. The maximum absolute atomic E-state index is 12.4. The molecular weight excluding hydrogens is 380 g/mol. The third-order valence-electron chi connectivity index (χ3n) is 3.33. The molecule has 26 heavy (non-hydrogen) atoms. The molecule has 1 aromatic heterocycles. The Labute approximate surface area is 156 Å². The van der Waals surface area contributed by atoms with Crippen molar-refractivity contribution >= 4 is 61.5 Å². The maximum atomic E-state index is 12.4. The number of carbonyl (C=O) groups is 2. The summed E-state index contributed by atoms with van der Waals surface area (Å²) < 4.78 is 0.743. The Morgan fingerprint density at radius 2 is 1.96 bits per heavy atom. The van der Waals surface area contributed by atoms with Crippen LogP contribution in [0.15, 0.2) is 36.4 Å². The molecule has 0 radical (unpaired) electrons. The molecule has 0 bridgehead atoms. The van der Waals surface area contributed by atoms with Gasteiger partial charge in [0.25, 0.3) is 11.6 Å². The number of nitro benzene ring substituents is 1. The van der Waals surface area contributed by atoms with Gasteiger partial charge in [-0.2, -0.15) is 0 Å². The van der Waals surface area contributed by atoms with Crippen LogP contribution in [0.3, 0.4) is 0 Å². The zero-order valence-corrected chi connectivity index (χ0v) is 14.9. The van der Waals surface area contributed by atoms with Crippen LogP contribution in [-0.4, -0.2) is 21.7 Å². The zero-order valence-electron chi connectivity index (χ0n) is 13.3. The second kappa shape index (κ2) is 7.06. The van der Waals surface area contributed by atoms with Crippen molar-refractivity contribution in [3.8, 4) is 0 Å². The minimum atomic E-state index is -0.680. The minimum Gasteiger partial charge on any atom is -0.326 e. The minimum absolute atomic E-state index is 0.152. The highest BCUT2D eigenvalue weighted by Gasteiger charge is 2.21. The van der Waals surface area contributed by atoms with Crippen molar-refractivity contribution in [2.75, 3.05) is 10.6 Å². The second-order valence-electron chi connectivity index (χ2n) is 5.26. The smallest absolute Gasteiger partial charge is 0.282 e. The largest absolute Gasteiger partial charge is 0.326 e. The highest BCUT2D eigenvalue weighted by Crippen LogP contribution is 2.30. The van der Waals surface area contributed by atoms with E-state index >= 15 is 0 Å². The van der Waals surface area contributed by atoms with Crippen molar-refractivity contribution in [2.24, 2.45) is 0 Å². The van der Waals surface area contributed by atoms with Crippen LogP contribution in [0.4, 0.5) is 16.5 Å². The zero-order chi connectivity index (χ0) is 18.8. The second-order valence-corrected chi connectivity index (χ2v) is 6.72. The van der Waals surface area contributed by atoms with E-state index in [1.54, 1.807) is 18.2 Å². The predicted octanol–water partition coefficient (Wildman–Crippen LogP) is 4.07. The molecule has 0 atom stereocenters. The van der Waals surface area contributed by atoms with Crippen LogP contribution in [0.1, 0.15) is 17.3 Å². The number of aromatic nitrogens is 1. The summed E-state index contributed by atoms with van der Waals surface area (Å²) in [5.74, 6) is -0.879. The fraction of sp³-hybridized carbons (Fsp3) is 0.0625. The lowest BCUT2D eigenvalue weighted by molar-refractivity contribution is -0.385. The van der Waals surface area contributed by atoms with Crippen molar-refractivity contribution in [3.63, 3.8) is 0 Å². The van der Waals surface area contributed by atoms with E-state index in [4.69, 9.17) is 11.6 Å². The molecule has 2 aromatic carbocycles. The number of thiazole rings is 1. The van der Waals surface area contributed by atoms with E-state index in [1.807, 2.05) is 0 Å². The summed E-state index contributed by atoms with van der Waals surface area (Å²) in [7, 11) is 0. The first kappa shape index (κ1) is 17.8. The summed E-state index contributed by atoms with van der Waals surface area (Å²) in [5, 5.41) is 16.8. The quantitative estimate of drug-likeness (QED) is 0.514. The average molecular weight is 391 g/mol. The summed E-state index contributed by atoms with van der Waals surface area (Å²) in [6.45, 7) is 1.40. The van der Waals surface area contributed by atoms with Crippen LogP contribution in [0.2, 0.25) is 5.02 Å². The van der Waals surface area contributed by atoms with Gasteiger partial charge >= 0.3 is 0 Å². The van der Waals surface area contributed by atoms with Gasteiger partial charge in [0.15, 0.2) is 5.13 Å². The maximum Gasteiger partial charge on any atom is 0.282 e. The number of anilines is 2. The Hall–Kier alpha value is -3.04. The Morgan fingerprint density at radius 1 is 1.19 bits per heavy atom. The fourth-order valence-electron chi connectivity index (χ4n) is 2.27. The number of halogens is 1. The molecular formula is C16H11ClN4O4S. The van der Waals surface area contributed by atoms with E-state index in [0.29, 0.717) is 11.2 Å². The average Bonchev–Trinajstić information content (AvgIpc) is 2.95. The summed E-state index contributed by atoms with van der Waals surface area (Å²) in [6.07, 6.45) is 0. The number of benzene rings is 2. The SMILES string of the molecule is CC(=O)Nc1ccc2nc(NC(=O)c3cc(Cl)ccc3[N+](=O)[O-])sc2c1. The van der Waals surface area contributed by atoms with E-state index in [9.17, 15) is 19.7 Å². The Bertz CT molecular complexity index is 1050. The van der Waals surface area contributed by atoms with Crippen LogP contribution < -0.4 is 10.6 Å². The van der Waals surface area contributed by atoms with Gasteiger partial charge in [0.1, 0.15) is 5.56 Å². The number of fused-ring (bicyclic) bond motifs is 1. The fourth-order valence-corrected chi connectivity index (χ4v) is 3.35. The van der Waals surface area contributed by atoms with Crippen molar-refractivity contribution < 1.29 is 14.5 Å². The van der Waals surface area contributed by atoms with Crippen LogP contribution >= 0.6 is 22.9 Å². The molecule has 8 nitrogen and oxygen atoms in total. The molecule has 3 aromatic rings. The van der Waals surface area contributed by atoms with E-state index in [2.05, 4.69) is 15.6 Å². The predicted molar refractivity (Wildman–Crippen MR) is 100.0 cm³/mol. The van der Waals surface area contributed by atoms with E-state index in [-0.39, 0.29) is 27.3 Å². The number of rotatable bonds is 4. The first-order valence-corrected chi connectivity index (χ1v) is 8.46. The first-order chi connectivity index (χ1) is 12.3. The molecule has 132 valence electrons. The van der Waals surface area contributed by atoms with Crippen molar-refractivity contribution in [2.45, 2.75) is 6.92 Å². The summed E-state index contributed by atoms with van der Waals surface area (Å²) in [5.41, 5.74) is 0.735. The van der Waals surface area contributed by atoms with E-state index < -0.39 is 10.8 Å². The standard InChI is InChI=1S/C16H11ClN4O4S/c1-8(22)18-10-3-4-12-14(7-10)26-16(19-12)20-15(23)11-6-9(17)2-5-13(11)21(24)25/h2-7H,1H3,(H,18,22)(H,19,20,23). The number of nitrogens with zero attached hydrogens (tertiary/aromatic N) is 2. The van der Waals surface area contributed by atoms with Gasteiger partial charge in [-0.15, -0.1) is 0 Å². The highest BCUT2D eigenvalue weighted by molar-refractivity contribution is 7.22. The topological polar surface area (TPSA) is 114 Å². The third kappa shape index (κ3) is 3.79.